The quantitative estimate of drug-likeness (QED) is 0.578. The maximum Gasteiger partial charge on any atom is 0.270 e. The Kier molecular flexibility index (Phi) is 4.34. The molecule has 6 heteroatoms. The van der Waals surface area contributed by atoms with Gasteiger partial charge in [0.05, 0.1) is 11.0 Å². The molecule has 1 aromatic carbocycles. The van der Waals surface area contributed by atoms with E-state index in [1.165, 1.54) is 12.1 Å². The summed E-state index contributed by atoms with van der Waals surface area (Å²) in [4.78, 5) is 10.4. The van der Waals surface area contributed by atoms with Crippen LogP contribution in [0.15, 0.2) is 18.2 Å². The molecular formula is C13H18N2O4. The number of rotatable bonds is 7. The first-order valence-electron chi connectivity index (χ1n) is 6.38. The highest BCUT2D eigenvalue weighted by atomic mass is 16.6. The Morgan fingerprint density at radius 2 is 2.32 bits per heavy atom. The lowest BCUT2D eigenvalue weighted by Crippen LogP contribution is -2.18. The van der Waals surface area contributed by atoms with Crippen LogP contribution in [0, 0.1) is 10.1 Å². The van der Waals surface area contributed by atoms with Gasteiger partial charge in [0.15, 0.2) is 0 Å². The summed E-state index contributed by atoms with van der Waals surface area (Å²) >= 11 is 0. The van der Waals surface area contributed by atoms with Crippen LogP contribution in [0.5, 0.6) is 5.75 Å². The van der Waals surface area contributed by atoms with Gasteiger partial charge in [-0.1, -0.05) is 0 Å². The first-order chi connectivity index (χ1) is 9.06. The van der Waals surface area contributed by atoms with Crippen molar-refractivity contribution in [1.29, 1.82) is 0 Å². The molecule has 1 saturated carbocycles. The van der Waals surface area contributed by atoms with E-state index < -0.39 is 11.0 Å². The number of non-ortho nitro benzene ring substituents is 1. The minimum atomic E-state index is -0.570. The van der Waals surface area contributed by atoms with Crippen molar-refractivity contribution in [2.75, 3.05) is 6.61 Å². The molecule has 6 nitrogen and oxygen atoms in total. The van der Waals surface area contributed by atoms with Gasteiger partial charge in [-0.2, -0.15) is 0 Å². The van der Waals surface area contributed by atoms with Crippen LogP contribution in [-0.2, 0) is 6.54 Å². The molecule has 1 aliphatic carbocycles. The number of ether oxygens (including phenoxy) is 1. The van der Waals surface area contributed by atoms with Crippen molar-refractivity contribution < 1.29 is 14.8 Å². The highest BCUT2D eigenvalue weighted by molar-refractivity contribution is 5.43. The van der Waals surface area contributed by atoms with Crippen molar-refractivity contribution in [1.82, 2.24) is 5.32 Å². The fourth-order valence-electron chi connectivity index (χ4n) is 1.71. The largest absolute Gasteiger partial charge is 0.491 e. The lowest BCUT2D eigenvalue weighted by atomic mass is 10.1. The van der Waals surface area contributed by atoms with Gasteiger partial charge in [0.1, 0.15) is 12.4 Å². The van der Waals surface area contributed by atoms with Crippen molar-refractivity contribution in [2.45, 2.75) is 38.5 Å². The maximum atomic E-state index is 10.8. The Hall–Kier alpha value is -1.66. The van der Waals surface area contributed by atoms with Crippen LogP contribution in [0.4, 0.5) is 5.69 Å². The Morgan fingerprint density at radius 1 is 1.58 bits per heavy atom. The van der Waals surface area contributed by atoms with Crippen LogP contribution in [0.25, 0.3) is 0 Å². The number of aliphatic hydroxyl groups is 1. The average molecular weight is 266 g/mol. The van der Waals surface area contributed by atoms with E-state index in [1.54, 1.807) is 13.0 Å². The number of aliphatic hydroxyl groups excluding tert-OH is 1. The molecule has 0 radical (unpaired) electrons. The second-order valence-corrected chi connectivity index (χ2v) is 4.86. The molecule has 1 atom stereocenters. The number of hydrogen-bond donors (Lipinski definition) is 2. The monoisotopic (exact) mass is 266 g/mol. The van der Waals surface area contributed by atoms with Crippen molar-refractivity contribution in [3.05, 3.63) is 33.9 Å². The zero-order valence-electron chi connectivity index (χ0n) is 10.8. The number of nitro groups is 1. The predicted molar refractivity (Wildman–Crippen MR) is 70.1 cm³/mol. The highest BCUT2D eigenvalue weighted by Crippen LogP contribution is 2.26. The predicted octanol–water partition coefficient (Wildman–Crippen LogP) is 1.61. The van der Waals surface area contributed by atoms with E-state index in [0.29, 0.717) is 18.3 Å². The van der Waals surface area contributed by atoms with Gasteiger partial charge in [-0.05, 0) is 25.8 Å². The first-order valence-corrected chi connectivity index (χ1v) is 6.38. The molecule has 0 aromatic heterocycles. The van der Waals surface area contributed by atoms with Crippen molar-refractivity contribution in [3.8, 4) is 5.75 Å². The summed E-state index contributed by atoms with van der Waals surface area (Å²) in [6.07, 6.45) is 1.73. The topological polar surface area (TPSA) is 84.6 Å². The van der Waals surface area contributed by atoms with Crippen LogP contribution in [-0.4, -0.2) is 28.8 Å². The van der Waals surface area contributed by atoms with E-state index in [4.69, 9.17) is 4.74 Å². The zero-order valence-corrected chi connectivity index (χ0v) is 10.8. The van der Waals surface area contributed by atoms with Crippen molar-refractivity contribution in [2.24, 2.45) is 0 Å². The molecular weight excluding hydrogens is 248 g/mol. The number of nitro benzene ring substituents is 1. The Labute approximate surface area is 111 Å². The second kappa shape index (κ2) is 5.99. The van der Waals surface area contributed by atoms with Crippen LogP contribution < -0.4 is 10.1 Å². The van der Waals surface area contributed by atoms with E-state index >= 15 is 0 Å². The summed E-state index contributed by atoms with van der Waals surface area (Å²) in [7, 11) is 0. The molecule has 0 aliphatic heterocycles. The molecule has 2 N–H and O–H groups in total. The zero-order chi connectivity index (χ0) is 13.8. The van der Waals surface area contributed by atoms with Crippen molar-refractivity contribution in [3.63, 3.8) is 0 Å². The Morgan fingerprint density at radius 3 is 2.89 bits per heavy atom. The van der Waals surface area contributed by atoms with Gasteiger partial charge in [-0.15, -0.1) is 0 Å². The molecule has 1 unspecified atom stereocenters. The molecule has 19 heavy (non-hydrogen) atoms. The van der Waals surface area contributed by atoms with Gasteiger partial charge in [0, 0.05) is 30.3 Å². The molecule has 0 bridgehead atoms. The van der Waals surface area contributed by atoms with Crippen LogP contribution in [0.1, 0.15) is 25.3 Å². The van der Waals surface area contributed by atoms with Crippen molar-refractivity contribution >= 4 is 5.69 Å². The summed E-state index contributed by atoms with van der Waals surface area (Å²) in [5, 5.41) is 23.3. The normalized spacial score (nSPS) is 16.1. The summed E-state index contributed by atoms with van der Waals surface area (Å²) in [6.45, 7) is 2.35. The molecule has 0 saturated heterocycles. The summed E-state index contributed by atoms with van der Waals surface area (Å²) < 4.78 is 5.47. The summed E-state index contributed by atoms with van der Waals surface area (Å²) in [5.41, 5.74) is 0.804. The summed E-state index contributed by atoms with van der Waals surface area (Å²) in [6, 6.07) is 5.04. The molecule has 1 aromatic rings. The SMILES string of the molecule is CC(O)COc1ccc([N+](=O)[O-])cc1CNC1CC1. The fourth-order valence-corrected chi connectivity index (χ4v) is 1.71. The minimum Gasteiger partial charge on any atom is -0.491 e. The standard InChI is InChI=1S/C13H18N2O4/c1-9(16)8-19-13-5-4-12(15(17)18)6-10(13)7-14-11-2-3-11/h4-6,9,11,14,16H,2-3,7-8H2,1H3. The third-order valence-corrected chi connectivity index (χ3v) is 2.89. The van der Waals surface area contributed by atoms with Gasteiger partial charge >= 0.3 is 0 Å². The molecule has 0 heterocycles. The number of benzene rings is 1. The maximum absolute atomic E-state index is 10.8. The molecule has 0 amide bonds. The lowest BCUT2D eigenvalue weighted by molar-refractivity contribution is -0.384. The minimum absolute atomic E-state index is 0.0528. The third kappa shape index (κ3) is 4.18. The molecule has 1 fully saturated rings. The number of hydrogen-bond acceptors (Lipinski definition) is 5. The third-order valence-electron chi connectivity index (χ3n) is 2.89. The number of nitrogens with one attached hydrogen (secondary N) is 1. The van der Waals surface area contributed by atoms with Gasteiger partial charge in [0.2, 0.25) is 0 Å². The van der Waals surface area contributed by atoms with E-state index in [9.17, 15) is 15.2 Å². The highest BCUT2D eigenvalue weighted by Gasteiger charge is 2.21. The van der Waals surface area contributed by atoms with Crippen LogP contribution >= 0.6 is 0 Å². The van der Waals surface area contributed by atoms with Gasteiger partial charge < -0.3 is 15.2 Å². The van der Waals surface area contributed by atoms with Gasteiger partial charge in [-0.25, -0.2) is 0 Å². The van der Waals surface area contributed by atoms with E-state index in [1.807, 2.05) is 0 Å². The molecule has 104 valence electrons. The van der Waals surface area contributed by atoms with E-state index in [0.717, 1.165) is 18.4 Å². The van der Waals surface area contributed by atoms with Crippen LogP contribution in [0.2, 0.25) is 0 Å². The molecule has 0 spiro atoms. The number of nitrogens with zero attached hydrogens (tertiary/aromatic N) is 1. The molecule has 2 rings (SSSR count). The van der Waals surface area contributed by atoms with E-state index in [-0.39, 0.29) is 12.3 Å². The van der Waals surface area contributed by atoms with E-state index in [2.05, 4.69) is 5.32 Å². The summed E-state index contributed by atoms with van der Waals surface area (Å²) in [5.74, 6) is 0.583. The fraction of sp³-hybridized carbons (Fsp3) is 0.538. The Bertz CT molecular complexity index is 458. The Balaban J connectivity index is 2.11. The first kappa shape index (κ1) is 13.8. The van der Waals surface area contributed by atoms with Gasteiger partial charge in [-0.3, -0.25) is 10.1 Å². The second-order valence-electron chi connectivity index (χ2n) is 4.86. The van der Waals surface area contributed by atoms with Gasteiger partial charge in [0.25, 0.3) is 5.69 Å². The van der Waals surface area contributed by atoms with Crippen LogP contribution in [0.3, 0.4) is 0 Å². The smallest absolute Gasteiger partial charge is 0.270 e. The average Bonchev–Trinajstić information content (AvgIpc) is 3.18. The lowest BCUT2D eigenvalue weighted by Gasteiger charge is -2.13. The molecule has 1 aliphatic rings.